The molecule has 0 atom stereocenters. The number of hydrogen-bond donors (Lipinski definition) is 1. The number of hydrogen-bond acceptors (Lipinski definition) is 11. The van der Waals surface area contributed by atoms with Crippen molar-refractivity contribution in [2.24, 2.45) is 0 Å². The maximum Gasteiger partial charge on any atom is 0.348 e. The number of carbonyl (C=O) groups is 2. The summed E-state index contributed by atoms with van der Waals surface area (Å²) in [6.07, 6.45) is 1.40. The van der Waals surface area contributed by atoms with E-state index >= 15 is 0 Å². The molecule has 0 unspecified atom stereocenters. The third-order valence-corrected chi connectivity index (χ3v) is 6.74. The molecule has 0 aliphatic heterocycles. The Morgan fingerprint density at radius 3 is 2.46 bits per heavy atom. The lowest BCUT2D eigenvalue weighted by atomic mass is 10.1. The van der Waals surface area contributed by atoms with E-state index in [2.05, 4.69) is 16.4 Å². The topological polar surface area (TPSA) is 144 Å². The Balaban J connectivity index is 1.91. The van der Waals surface area contributed by atoms with Gasteiger partial charge in [0.1, 0.15) is 26.5 Å². The van der Waals surface area contributed by atoms with Gasteiger partial charge in [-0.3, -0.25) is 10.1 Å². The molecule has 0 bridgehead atoms. The number of nitro benzene ring substituents is 1. The Morgan fingerprint density at radius 2 is 1.86 bits per heavy atom. The number of thiazole rings is 1. The van der Waals surface area contributed by atoms with Crippen LogP contribution in [0, 0.1) is 28.4 Å². The third kappa shape index (κ3) is 5.71. The van der Waals surface area contributed by atoms with Crippen molar-refractivity contribution in [1.82, 2.24) is 4.98 Å². The first kappa shape index (κ1) is 25.5. The molecule has 0 aliphatic rings. The minimum atomic E-state index is -0.596. The molecular weight excluding hydrogens is 492 g/mol. The molecule has 3 aromatic rings. The average molecular weight is 513 g/mol. The first-order valence-electron chi connectivity index (χ1n) is 10.4. The highest BCUT2D eigenvalue weighted by molar-refractivity contribution is 7.18. The number of thiophene rings is 1. The quantitative estimate of drug-likeness (QED) is 0.172. The second-order valence-electron chi connectivity index (χ2n) is 6.86. The van der Waals surface area contributed by atoms with Crippen LogP contribution in [0.3, 0.4) is 0 Å². The van der Waals surface area contributed by atoms with Gasteiger partial charge in [0.15, 0.2) is 0 Å². The number of esters is 2. The molecule has 180 valence electrons. The fourth-order valence-corrected chi connectivity index (χ4v) is 4.87. The van der Waals surface area contributed by atoms with Gasteiger partial charge in [-0.2, -0.15) is 5.26 Å². The van der Waals surface area contributed by atoms with E-state index in [4.69, 9.17) is 9.47 Å². The van der Waals surface area contributed by atoms with Crippen molar-refractivity contribution in [3.63, 3.8) is 0 Å². The number of anilines is 1. The van der Waals surface area contributed by atoms with Crippen molar-refractivity contribution in [2.45, 2.75) is 20.8 Å². The number of benzene rings is 1. The largest absolute Gasteiger partial charge is 0.462 e. The zero-order valence-corrected chi connectivity index (χ0v) is 20.6. The van der Waals surface area contributed by atoms with Gasteiger partial charge in [-0.25, -0.2) is 14.6 Å². The predicted molar refractivity (Wildman–Crippen MR) is 132 cm³/mol. The van der Waals surface area contributed by atoms with Crippen LogP contribution in [0.4, 0.5) is 10.7 Å². The second-order valence-corrected chi connectivity index (χ2v) is 8.74. The molecule has 10 nitrogen and oxygen atoms in total. The highest BCUT2D eigenvalue weighted by atomic mass is 32.1. The molecular formula is C23H20N4O6S2. The maximum atomic E-state index is 12.5. The van der Waals surface area contributed by atoms with E-state index in [1.54, 1.807) is 38.3 Å². The number of allylic oxidation sites excluding steroid dienone is 1. The van der Waals surface area contributed by atoms with Crippen LogP contribution < -0.4 is 5.32 Å². The van der Waals surface area contributed by atoms with E-state index in [0.29, 0.717) is 26.8 Å². The number of ether oxygens (including phenoxy) is 2. The summed E-state index contributed by atoms with van der Waals surface area (Å²) in [5.41, 5.74) is 2.01. The summed E-state index contributed by atoms with van der Waals surface area (Å²) in [4.78, 5) is 40.0. The van der Waals surface area contributed by atoms with Gasteiger partial charge in [0.05, 0.1) is 29.4 Å². The maximum absolute atomic E-state index is 12.5. The number of nitrogens with zero attached hydrogens (tertiary/aromatic N) is 3. The predicted octanol–water partition coefficient (Wildman–Crippen LogP) is 5.42. The second kappa shape index (κ2) is 11.4. The number of nitrogens with one attached hydrogen (secondary N) is 1. The molecule has 0 saturated heterocycles. The van der Waals surface area contributed by atoms with Crippen LogP contribution in [0.2, 0.25) is 0 Å². The van der Waals surface area contributed by atoms with E-state index in [1.807, 2.05) is 0 Å². The Labute approximate surface area is 208 Å². The molecule has 0 amide bonds. The molecule has 2 heterocycles. The van der Waals surface area contributed by atoms with Crippen molar-refractivity contribution >= 4 is 50.9 Å². The van der Waals surface area contributed by atoms with E-state index in [9.17, 15) is 25.0 Å². The number of non-ortho nitro benzene ring substituents is 1. The summed E-state index contributed by atoms with van der Waals surface area (Å²) >= 11 is 2.25. The van der Waals surface area contributed by atoms with E-state index < -0.39 is 16.9 Å². The molecule has 0 saturated carbocycles. The minimum absolute atomic E-state index is 0.0307. The molecule has 12 heteroatoms. The summed E-state index contributed by atoms with van der Waals surface area (Å²) in [5.74, 6) is -1.15. The number of carbonyl (C=O) groups excluding carboxylic acids is 2. The Bertz CT molecular complexity index is 1330. The van der Waals surface area contributed by atoms with Crippen molar-refractivity contribution in [1.29, 1.82) is 5.26 Å². The number of rotatable bonds is 9. The van der Waals surface area contributed by atoms with Crippen LogP contribution in [0.25, 0.3) is 16.8 Å². The van der Waals surface area contributed by atoms with Gasteiger partial charge in [0.25, 0.3) is 5.69 Å². The van der Waals surface area contributed by atoms with Crippen molar-refractivity contribution in [2.75, 3.05) is 18.5 Å². The Hall–Kier alpha value is -4.08. The monoisotopic (exact) mass is 512 g/mol. The van der Waals surface area contributed by atoms with Gasteiger partial charge in [-0.05, 0) is 38.5 Å². The minimum Gasteiger partial charge on any atom is -0.462 e. The van der Waals surface area contributed by atoms with Crippen LogP contribution in [0.15, 0.2) is 35.8 Å². The molecule has 3 rings (SSSR count). The summed E-state index contributed by atoms with van der Waals surface area (Å²) < 4.78 is 10.2. The zero-order valence-electron chi connectivity index (χ0n) is 19.0. The van der Waals surface area contributed by atoms with Gasteiger partial charge in [0.2, 0.25) is 0 Å². The SMILES string of the molecule is CCOC(=O)c1sc(NC=C(C#N)c2nc(-c3ccc([N+](=O)[O-])cc3)cs2)c(C(=O)OCC)c1C. The number of aromatic nitrogens is 1. The lowest BCUT2D eigenvalue weighted by Gasteiger charge is -2.05. The molecule has 1 aromatic carbocycles. The fourth-order valence-electron chi connectivity index (χ4n) is 3.02. The summed E-state index contributed by atoms with van der Waals surface area (Å²) in [7, 11) is 0. The van der Waals surface area contributed by atoms with E-state index in [-0.39, 0.29) is 34.9 Å². The molecule has 2 aromatic heterocycles. The molecule has 35 heavy (non-hydrogen) atoms. The molecule has 0 fully saturated rings. The van der Waals surface area contributed by atoms with Crippen LogP contribution in [0.1, 0.15) is 44.4 Å². The van der Waals surface area contributed by atoms with Crippen molar-refractivity contribution < 1.29 is 24.0 Å². The van der Waals surface area contributed by atoms with Crippen LogP contribution in [0.5, 0.6) is 0 Å². The molecule has 0 spiro atoms. The van der Waals surface area contributed by atoms with Gasteiger partial charge < -0.3 is 14.8 Å². The highest BCUT2D eigenvalue weighted by Gasteiger charge is 2.26. The van der Waals surface area contributed by atoms with Crippen molar-refractivity contribution in [3.8, 4) is 17.3 Å². The molecule has 0 aliphatic carbocycles. The Kier molecular flexibility index (Phi) is 8.30. The first-order chi connectivity index (χ1) is 16.8. The average Bonchev–Trinajstić information content (AvgIpc) is 3.45. The summed E-state index contributed by atoms with van der Waals surface area (Å²) in [6.45, 7) is 5.34. The highest BCUT2D eigenvalue weighted by Crippen LogP contribution is 2.35. The fraction of sp³-hybridized carbons (Fsp3) is 0.217. The molecule has 0 radical (unpaired) electrons. The smallest absolute Gasteiger partial charge is 0.348 e. The van der Waals surface area contributed by atoms with Crippen LogP contribution in [-0.4, -0.2) is 35.1 Å². The zero-order chi connectivity index (χ0) is 25.5. The summed E-state index contributed by atoms with van der Waals surface area (Å²) in [6, 6.07) is 8.01. The van der Waals surface area contributed by atoms with Crippen LogP contribution in [-0.2, 0) is 9.47 Å². The number of nitriles is 1. The molecule has 1 N–H and O–H groups in total. The Morgan fingerprint density at radius 1 is 1.20 bits per heavy atom. The van der Waals surface area contributed by atoms with E-state index in [1.165, 1.54) is 29.7 Å². The lowest BCUT2D eigenvalue weighted by Crippen LogP contribution is -2.09. The van der Waals surface area contributed by atoms with Gasteiger partial charge in [0, 0.05) is 29.3 Å². The van der Waals surface area contributed by atoms with Crippen molar-refractivity contribution in [3.05, 3.63) is 67.0 Å². The van der Waals surface area contributed by atoms with E-state index in [0.717, 1.165) is 11.3 Å². The standard InChI is InChI=1S/C23H20N4O6S2/c1-4-32-22(28)18-13(3)19(23(29)33-5-2)35-21(18)25-11-15(10-24)20-26-17(12-34-20)14-6-8-16(9-7-14)27(30)31/h6-9,11-12,25H,4-5H2,1-3H3. The van der Waals surface area contributed by atoms with Gasteiger partial charge in [-0.1, -0.05) is 0 Å². The first-order valence-corrected chi connectivity index (χ1v) is 12.0. The normalized spacial score (nSPS) is 11.0. The van der Waals surface area contributed by atoms with Gasteiger partial charge in [-0.15, -0.1) is 22.7 Å². The summed E-state index contributed by atoms with van der Waals surface area (Å²) in [5, 5.41) is 26.0. The van der Waals surface area contributed by atoms with Gasteiger partial charge >= 0.3 is 11.9 Å². The lowest BCUT2D eigenvalue weighted by molar-refractivity contribution is -0.384. The van der Waals surface area contributed by atoms with Crippen LogP contribution >= 0.6 is 22.7 Å². The third-order valence-electron chi connectivity index (χ3n) is 4.66. The number of nitro groups is 1.